The molecule has 152 valence electrons. The Morgan fingerprint density at radius 3 is 2.67 bits per heavy atom. The molecule has 5 rings (SSSR count). The summed E-state index contributed by atoms with van der Waals surface area (Å²) in [6.07, 6.45) is 3.59. The van der Waals surface area contributed by atoms with E-state index in [1.54, 1.807) is 34.3 Å². The predicted molar refractivity (Wildman–Crippen MR) is 122 cm³/mol. The molecular weight excluding hydrogens is 466 g/mol. The number of aromatic nitrogens is 3. The quantitative estimate of drug-likeness (QED) is 0.467. The molecule has 3 heterocycles. The zero-order valence-electron chi connectivity index (χ0n) is 15.9. The molecule has 4 aromatic rings. The van der Waals surface area contributed by atoms with Crippen LogP contribution in [0.15, 0.2) is 59.3 Å². The van der Waals surface area contributed by atoms with E-state index in [0.29, 0.717) is 5.56 Å². The number of thiazole rings is 1. The molecule has 0 radical (unpaired) electrons. The van der Waals surface area contributed by atoms with Crippen LogP contribution in [0.1, 0.15) is 10.4 Å². The molecule has 1 aliphatic rings. The second-order valence-corrected chi connectivity index (χ2v) is 8.81. The Hall–Kier alpha value is -2.75. The maximum Gasteiger partial charge on any atom is 0.255 e. The van der Waals surface area contributed by atoms with Crippen molar-refractivity contribution in [1.29, 1.82) is 0 Å². The molecule has 7 nitrogen and oxygen atoms in total. The highest BCUT2D eigenvalue weighted by atomic mass is 79.9. The minimum Gasteiger partial charge on any atom is -0.378 e. The molecule has 0 saturated carbocycles. The number of carbonyl (C=O) groups is 1. The van der Waals surface area contributed by atoms with Crippen molar-refractivity contribution in [2.75, 3.05) is 36.5 Å². The summed E-state index contributed by atoms with van der Waals surface area (Å²) in [5.74, 6) is -0.152. The van der Waals surface area contributed by atoms with Crippen molar-refractivity contribution in [3.8, 4) is 5.69 Å². The number of halogens is 1. The monoisotopic (exact) mass is 483 g/mol. The fraction of sp³-hybridized carbons (Fsp3) is 0.190. The minimum absolute atomic E-state index is 0.152. The first-order valence-electron chi connectivity index (χ1n) is 9.51. The average Bonchev–Trinajstić information content (AvgIpc) is 3.40. The van der Waals surface area contributed by atoms with E-state index in [0.717, 1.165) is 57.5 Å². The highest BCUT2D eigenvalue weighted by molar-refractivity contribution is 9.10. The van der Waals surface area contributed by atoms with Crippen molar-refractivity contribution in [1.82, 2.24) is 14.8 Å². The van der Waals surface area contributed by atoms with Crippen molar-refractivity contribution in [3.05, 3.63) is 64.9 Å². The number of amides is 1. The Balaban J connectivity index is 1.31. The van der Waals surface area contributed by atoms with E-state index in [2.05, 4.69) is 31.2 Å². The van der Waals surface area contributed by atoms with Crippen LogP contribution in [0.25, 0.3) is 15.9 Å². The van der Waals surface area contributed by atoms with Gasteiger partial charge in [0.05, 0.1) is 39.8 Å². The van der Waals surface area contributed by atoms with Crippen LogP contribution >= 0.6 is 27.3 Å². The Morgan fingerprint density at radius 1 is 1.13 bits per heavy atom. The van der Waals surface area contributed by atoms with Crippen LogP contribution in [-0.4, -0.2) is 47.0 Å². The van der Waals surface area contributed by atoms with Gasteiger partial charge in [0.25, 0.3) is 5.91 Å². The van der Waals surface area contributed by atoms with Gasteiger partial charge in [0, 0.05) is 30.5 Å². The molecule has 0 atom stereocenters. The zero-order chi connectivity index (χ0) is 20.5. The summed E-state index contributed by atoms with van der Waals surface area (Å²) in [6, 6.07) is 13.1. The molecule has 0 bridgehead atoms. The third kappa shape index (κ3) is 3.96. The average molecular weight is 484 g/mol. The van der Waals surface area contributed by atoms with Crippen LogP contribution in [0.4, 0.5) is 10.8 Å². The summed E-state index contributed by atoms with van der Waals surface area (Å²) in [5, 5.41) is 8.22. The number of hydrogen-bond donors (Lipinski definition) is 1. The van der Waals surface area contributed by atoms with Gasteiger partial charge in [0.2, 0.25) is 0 Å². The fourth-order valence-electron chi connectivity index (χ4n) is 3.29. The lowest BCUT2D eigenvalue weighted by molar-refractivity contribution is 0.102. The van der Waals surface area contributed by atoms with E-state index >= 15 is 0 Å². The van der Waals surface area contributed by atoms with E-state index in [-0.39, 0.29) is 5.91 Å². The number of ether oxygens (including phenoxy) is 1. The first-order valence-corrected chi connectivity index (χ1v) is 11.1. The summed E-state index contributed by atoms with van der Waals surface area (Å²) in [4.78, 5) is 19.6. The van der Waals surface area contributed by atoms with Crippen molar-refractivity contribution in [2.45, 2.75) is 0 Å². The van der Waals surface area contributed by atoms with Crippen LogP contribution in [0.2, 0.25) is 0 Å². The van der Waals surface area contributed by atoms with Crippen molar-refractivity contribution < 1.29 is 9.53 Å². The largest absolute Gasteiger partial charge is 0.378 e. The molecule has 1 fully saturated rings. The van der Waals surface area contributed by atoms with Crippen molar-refractivity contribution in [3.63, 3.8) is 0 Å². The molecule has 2 aromatic carbocycles. The normalized spacial score (nSPS) is 14.2. The molecule has 2 aromatic heterocycles. The van der Waals surface area contributed by atoms with E-state index in [4.69, 9.17) is 9.72 Å². The second kappa shape index (κ2) is 8.17. The standard InChI is InChI=1S/C21H18BrN5O2S/c22-15-12-23-27(13-15)17-4-1-14(2-5-17)20(28)24-16-3-6-18-19(11-16)30-21(25-18)26-7-9-29-10-8-26/h1-6,11-13H,7-10H2,(H,24,28). The SMILES string of the molecule is O=C(Nc1ccc2nc(N3CCOCC3)sc2c1)c1ccc(-n2cc(Br)cn2)cc1. The molecule has 1 saturated heterocycles. The third-order valence-electron chi connectivity index (χ3n) is 4.86. The van der Waals surface area contributed by atoms with Gasteiger partial charge in [-0.2, -0.15) is 5.10 Å². The van der Waals surface area contributed by atoms with Gasteiger partial charge in [-0.25, -0.2) is 9.67 Å². The number of nitrogens with one attached hydrogen (secondary N) is 1. The van der Waals surface area contributed by atoms with Gasteiger partial charge in [-0.1, -0.05) is 11.3 Å². The number of hydrogen-bond acceptors (Lipinski definition) is 6. The van der Waals surface area contributed by atoms with Gasteiger partial charge in [0.15, 0.2) is 5.13 Å². The third-order valence-corrected chi connectivity index (χ3v) is 6.35. The highest BCUT2D eigenvalue weighted by Crippen LogP contribution is 2.31. The molecular formula is C21H18BrN5O2S. The number of benzene rings is 2. The van der Waals surface area contributed by atoms with E-state index in [1.165, 1.54) is 0 Å². The Morgan fingerprint density at radius 2 is 1.93 bits per heavy atom. The summed E-state index contributed by atoms with van der Waals surface area (Å²) < 4.78 is 9.11. The van der Waals surface area contributed by atoms with Crippen LogP contribution in [0.5, 0.6) is 0 Å². The van der Waals surface area contributed by atoms with E-state index in [1.807, 2.05) is 36.5 Å². The molecule has 1 amide bonds. The molecule has 0 unspecified atom stereocenters. The number of morpholine rings is 1. The number of fused-ring (bicyclic) bond motifs is 1. The van der Waals surface area contributed by atoms with Crippen molar-refractivity contribution in [2.24, 2.45) is 0 Å². The van der Waals surface area contributed by atoms with Gasteiger partial charge in [-0.05, 0) is 58.4 Å². The fourth-order valence-corrected chi connectivity index (χ4v) is 4.63. The molecule has 0 spiro atoms. The summed E-state index contributed by atoms with van der Waals surface area (Å²) in [7, 11) is 0. The first kappa shape index (κ1) is 19.2. The zero-order valence-corrected chi connectivity index (χ0v) is 18.3. The molecule has 30 heavy (non-hydrogen) atoms. The van der Waals surface area contributed by atoms with E-state index < -0.39 is 0 Å². The Labute approximate surface area is 185 Å². The minimum atomic E-state index is -0.152. The van der Waals surface area contributed by atoms with Crippen LogP contribution in [0, 0.1) is 0 Å². The predicted octanol–water partition coefficient (Wildman–Crippen LogP) is 4.33. The summed E-state index contributed by atoms with van der Waals surface area (Å²) >= 11 is 5.02. The number of rotatable bonds is 4. The van der Waals surface area contributed by atoms with Gasteiger partial charge in [-0.3, -0.25) is 4.79 Å². The van der Waals surface area contributed by atoms with Crippen LogP contribution in [-0.2, 0) is 4.74 Å². The van der Waals surface area contributed by atoms with Crippen LogP contribution in [0.3, 0.4) is 0 Å². The van der Waals surface area contributed by atoms with Gasteiger partial charge >= 0.3 is 0 Å². The first-order chi connectivity index (χ1) is 14.7. The topological polar surface area (TPSA) is 72.3 Å². The van der Waals surface area contributed by atoms with Gasteiger partial charge in [0.1, 0.15) is 0 Å². The second-order valence-electron chi connectivity index (χ2n) is 6.88. The lowest BCUT2D eigenvalue weighted by Gasteiger charge is -2.25. The van der Waals surface area contributed by atoms with Gasteiger partial charge in [-0.15, -0.1) is 0 Å². The lowest BCUT2D eigenvalue weighted by atomic mass is 10.2. The number of carbonyl (C=O) groups excluding carboxylic acids is 1. The molecule has 9 heteroatoms. The highest BCUT2D eigenvalue weighted by Gasteiger charge is 2.16. The smallest absolute Gasteiger partial charge is 0.255 e. The maximum atomic E-state index is 12.7. The molecule has 1 aliphatic heterocycles. The maximum absolute atomic E-state index is 12.7. The van der Waals surface area contributed by atoms with Gasteiger partial charge < -0.3 is 15.0 Å². The molecule has 1 N–H and O–H groups in total. The Bertz CT molecular complexity index is 1200. The molecule has 0 aliphatic carbocycles. The van der Waals surface area contributed by atoms with Crippen LogP contribution < -0.4 is 10.2 Å². The Kier molecular flexibility index (Phi) is 5.24. The van der Waals surface area contributed by atoms with Crippen molar-refractivity contribution >= 4 is 54.2 Å². The number of anilines is 2. The van der Waals surface area contributed by atoms with E-state index in [9.17, 15) is 4.79 Å². The number of nitrogens with zero attached hydrogens (tertiary/aromatic N) is 4. The summed E-state index contributed by atoms with van der Waals surface area (Å²) in [5.41, 5.74) is 3.17. The lowest BCUT2D eigenvalue weighted by Crippen LogP contribution is -2.36. The summed E-state index contributed by atoms with van der Waals surface area (Å²) in [6.45, 7) is 3.17.